The lowest BCUT2D eigenvalue weighted by Gasteiger charge is -2.22. The molecule has 1 aliphatic rings. The smallest absolute Gasteiger partial charge is 0.194 e. The first kappa shape index (κ1) is 25.1. The molecule has 1 aliphatic heterocycles. The van der Waals surface area contributed by atoms with E-state index in [2.05, 4.69) is 26.7 Å². The Bertz CT molecular complexity index is 833. The number of nitrogens with zero attached hydrogens (tertiary/aromatic N) is 5. The van der Waals surface area contributed by atoms with Crippen molar-refractivity contribution in [2.24, 2.45) is 12.0 Å². The van der Waals surface area contributed by atoms with Crippen molar-refractivity contribution in [3.05, 3.63) is 40.9 Å². The lowest BCUT2D eigenvalue weighted by Crippen LogP contribution is -2.41. The summed E-state index contributed by atoms with van der Waals surface area (Å²) in [6, 6.07) is 7.62. The molecule has 1 N–H and O–H groups in total. The molecule has 1 aromatic carbocycles. The minimum atomic E-state index is 0. The topological polar surface area (TPSA) is 67.6 Å². The average molecular weight is 565 g/mol. The maximum atomic E-state index is 6.24. The van der Waals surface area contributed by atoms with Crippen molar-refractivity contribution in [3.63, 3.8) is 0 Å². The average Bonchev–Trinajstić information content (AvgIpc) is 3.31. The zero-order valence-electron chi connectivity index (χ0n) is 17.7. The number of guanidine groups is 1. The molecule has 1 atom stereocenters. The Labute approximate surface area is 205 Å². The molecular formula is C20H30ClIN6OS. The van der Waals surface area contributed by atoms with Crippen molar-refractivity contribution in [2.45, 2.75) is 32.4 Å². The fourth-order valence-corrected chi connectivity index (χ4v) is 3.77. The van der Waals surface area contributed by atoms with Crippen molar-refractivity contribution >= 4 is 53.3 Å². The predicted molar refractivity (Wildman–Crippen MR) is 135 cm³/mol. The summed E-state index contributed by atoms with van der Waals surface area (Å²) >= 11 is 8.10. The van der Waals surface area contributed by atoms with Crippen molar-refractivity contribution < 1.29 is 4.74 Å². The first-order chi connectivity index (χ1) is 14.1. The standard InChI is InChI=1S/C20H29ClN6OS.HI/c1-15-24-25-19(26(15)2)13-23-20(22-10-6-12-29-3)27-11-9-16(14-27)28-18-8-5-4-7-17(18)21;/h4-5,7-8,16H,6,9-14H2,1-3H3,(H,22,23);1H. The zero-order chi connectivity index (χ0) is 20.6. The van der Waals surface area contributed by atoms with Gasteiger partial charge in [0, 0.05) is 26.6 Å². The van der Waals surface area contributed by atoms with Gasteiger partial charge in [0.25, 0.3) is 0 Å². The molecule has 0 spiro atoms. The number of aliphatic imine (C=N–C) groups is 1. The third kappa shape index (κ3) is 6.91. The van der Waals surface area contributed by atoms with Crippen molar-refractivity contribution in [1.29, 1.82) is 0 Å². The van der Waals surface area contributed by atoms with Crippen LogP contribution in [0.5, 0.6) is 5.75 Å². The number of benzene rings is 1. The molecule has 1 unspecified atom stereocenters. The Morgan fingerprint density at radius 2 is 2.17 bits per heavy atom. The quantitative estimate of drug-likeness (QED) is 0.228. The molecule has 7 nitrogen and oxygen atoms in total. The maximum Gasteiger partial charge on any atom is 0.194 e. The van der Waals surface area contributed by atoms with Crippen LogP contribution in [0.2, 0.25) is 5.02 Å². The van der Waals surface area contributed by atoms with E-state index >= 15 is 0 Å². The van der Waals surface area contributed by atoms with E-state index < -0.39 is 0 Å². The molecule has 0 saturated carbocycles. The normalized spacial score (nSPS) is 16.5. The number of hydrogen-bond donors (Lipinski definition) is 1. The third-order valence-corrected chi connectivity index (χ3v) is 5.95. The number of thioether (sulfide) groups is 1. The molecule has 0 aliphatic carbocycles. The van der Waals surface area contributed by atoms with E-state index in [1.165, 1.54) is 0 Å². The van der Waals surface area contributed by atoms with Crippen molar-refractivity contribution in [2.75, 3.05) is 31.6 Å². The van der Waals surface area contributed by atoms with Gasteiger partial charge in [-0.15, -0.1) is 34.2 Å². The second kappa shape index (κ2) is 12.6. The van der Waals surface area contributed by atoms with E-state index in [1.807, 2.05) is 54.6 Å². The van der Waals surface area contributed by atoms with Crippen LogP contribution in [0.4, 0.5) is 0 Å². The van der Waals surface area contributed by atoms with Crippen LogP contribution < -0.4 is 10.1 Å². The second-order valence-electron chi connectivity index (χ2n) is 7.04. The van der Waals surface area contributed by atoms with Gasteiger partial charge in [0.1, 0.15) is 24.2 Å². The monoisotopic (exact) mass is 564 g/mol. The van der Waals surface area contributed by atoms with E-state index in [1.54, 1.807) is 0 Å². The number of hydrogen-bond acceptors (Lipinski definition) is 5. The van der Waals surface area contributed by atoms with E-state index in [9.17, 15) is 0 Å². The highest BCUT2D eigenvalue weighted by atomic mass is 127. The molecule has 10 heteroatoms. The summed E-state index contributed by atoms with van der Waals surface area (Å²) in [5, 5.41) is 12.5. The van der Waals surface area contributed by atoms with Gasteiger partial charge in [-0.05, 0) is 37.5 Å². The van der Waals surface area contributed by atoms with E-state index in [4.69, 9.17) is 21.3 Å². The first-order valence-corrected chi connectivity index (χ1v) is 11.6. The number of aryl methyl sites for hydroxylation is 1. The van der Waals surface area contributed by atoms with Crippen LogP contribution in [0.15, 0.2) is 29.3 Å². The first-order valence-electron chi connectivity index (χ1n) is 9.86. The summed E-state index contributed by atoms with van der Waals surface area (Å²) in [7, 11) is 1.97. The van der Waals surface area contributed by atoms with Gasteiger partial charge in [0.05, 0.1) is 11.6 Å². The van der Waals surface area contributed by atoms with Gasteiger partial charge in [-0.2, -0.15) is 11.8 Å². The Morgan fingerprint density at radius 3 is 2.87 bits per heavy atom. The maximum absolute atomic E-state index is 6.24. The highest BCUT2D eigenvalue weighted by Gasteiger charge is 2.27. The number of halogens is 2. The minimum Gasteiger partial charge on any atom is -0.487 e. The van der Waals surface area contributed by atoms with Crippen LogP contribution in [-0.2, 0) is 13.6 Å². The number of rotatable bonds is 8. The molecule has 0 amide bonds. The van der Waals surface area contributed by atoms with E-state index in [0.29, 0.717) is 11.6 Å². The van der Waals surface area contributed by atoms with Gasteiger partial charge < -0.3 is 19.5 Å². The number of ether oxygens (including phenoxy) is 1. The van der Waals surface area contributed by atoms with Crippen LogP contribution in [0, 0.1) is 6.92 Å². The molecule has 1 saturated heterocycles. The predicted octanol–water partition coefficient (Wildman–Crippen LogP) is 3.75. The molecular weight excluding hydrogens is 535 g/mol. The molecule has 1 fully saturated rings. The highest BCUT2D eigenvalue weighted by Crippen LogP contribution is 2.26. The van der Waals surface area contributed by atoms with Gasteiger partial charge in [-0.3, -0.25) is 0 Å². The molecule has 166 valence electrons. The summed E-state index contributed by atoms with van der Waals surface area (Å²) in [4.78, 5) is 7.08. The van der Waals surface area contributed by atoms with Crippen LogP contribution in [0.3, 0.4) is 0 Å². The van der Waals surface area contributed by atoms with E-state index in [0.717, 1.165) is 61.6 Å². The minimum absolute atomic E-state index is 0. The zero-order valence-corrected chi connectivity index (χ0v) is 21.6. The largest absolute Gasteiger partial charge is 0.487 e. The van der Waals surface area contributed by atoms with Gasteiger partial charge in [0.2, 0.25) is 0 Å². The van der Waals surface area contributed by atoms with Crippen LogP contribution >= 0.6 is 47.3 Å². The van der Waals surface area contributed by atoms with Gasteiger partial charge >= 0.3 is 0 Å². The Hall–Kier alpha value is -1.20. The molecule has 30 heavy (non-hydrogen) atoms. The van der Waals surface area contributed by atoms with Crippen LogP contribution in [-0.4, -0.2) is 63.4 Å². The number of likely N-dealkylation sites (tertiary alicyclic amines) is 1. The lowest BCUT2D eigenvalue weighted by atomic mass is 10.3. The molecule has 2 heterocycles. The summed E-state index contributed by atoms with van der Waals surface area (Å²) < 4.78 is 8.10. The Kier molecular flexibility index (Phi) is 10.5. The van der Waals surface area contributed by atoms with Gasteiger partial charge in [-0.25, -0.2) is 4.99 Å². The van der Waals surface area contributed by atoms with Crippen LogP contribution in [0.1, 0.15) is 24.5 Å². The molecule has 0 bridgehead atoms. The van der Waals surface area contributed by atoms with Gasteiger partial charge in [-0.1, -0.05) is 23.7 Å². The summed E-state index contributed by atoms with van der Waals surface area (Å²) in [5.74, 6) is 4.51. The molecule has 0 radical (unpaired) electrons. The molecule has 2 aromatic rings. The third-order valence-electron chi connectivity index (χ3n) is 4.94. The Morgan fingerprint density at radius 1 is 1.37 bits per heavy atom. The second-order valence-corrected chi connectivity index (χ2v) is 8.43. The summed E-state index contributed by atoms with van der Waals surface area (Å²) in [6.07, 6.45) is 4.24. The number of nitrogens with one attached hydrogen (secondary N) is 1. The summed E-state index contributed by atoms with van der Waals surface area (Å²) in [5.41, 5.74) is 0. The molecule has 3 rings (SSSR count). The number of para-hydroxylation sites is 1. The van der Waals surface area contributed by atoms with E-state index in [-0.39, 0.29) is 30.1 Å². The molecule has 1 aromatic heterocycles. The Balaban J connectivity index is 0.00000320. The fraction of sp³-hybridized carbons (Fsp3) is 0.550. The van der Waals surface area contributed by atoms with Gasteiger partial charge in [0.15, 0.2) is 11.8 Å². The highest BCUT2D eigenvalue weighted by molar-refractivity contribution is 14.0. The summed E-state index contributed by atoms with van der Waals surface area (Å²) in [6.45, 7) is 5.00. The lowest BCUT2D eigenvalue weighted by molar-refractivity contribution is 0.214. The van der Waals surface area contributed by atoms with Crippen LogP contribution in [0.25, 0.3) is 0 Å². The van der Waals surface area contributed by atoms with Crippen molar-refractivity contribution in [3.8, 4) is 5.75 Å². The van der Waals surface area contributed by atoms with Crippen molar-refractivity contribution in [1.82, 2.24) is 25.0 Å². The fourth-order valence-electron chi connectivity index (χ4n) is 3.16. The SMILES string of the molecule is CSCCCNC(=NCc1nnc(C)n1C)N1CCC(Oc2ccccc2Cl)C1.I. The number of aromatic nitrogens is 3.